The fourth-order valence-corrected chi connectivity index (χ4v) is 3.33. The quantitative estimate of drug-likeness (QED) is 0.920. The Balaban J connectivity index is 1.53. The van der Waals surface area contributed by atoms with Crippen molar-refractivity contribution in [1.29, 1.82) is 0 Å². The van der Waals surface area contributed by atoms with E-state index in [2.05, 4.69) is 20.6 Å². The molecule has 2 aromatic heterocycles. The maximum absolute atomic E-state index is 13.2. The van der Waals surface area contributed by atoms with Crippen LogP contribution in [0.2, 0.25) is 0 Å². The molecule has 0 aromatic carbocycles. The lowest BCUT2D eigenvalue weighted by atomic mass is 9.63. The summed E-state index contributed by atoms with van der Waals surface area (Å²) in [5.41, 5.74) is -0.307. The predicted octanol–water partition coefficient (Wildman–Crippen LogP) is 1.28. The molecule has 0 spiro atoms. The Morgan fingerprint density at radius 2 is 2.48 bits per heavy atom. The SMILES string of the molecule is O=C(c1ccc(-c2nn[nH]n2)o1)N1C[C@@H]2CC[C@]2(CF)C1. The minimum absolute atomic E-state index is 0.202. The van der Waals surface area contributed by atoms with Crippen LogP contribution in [0, 0.1) is 11.3 Å². The van der Waals surface area contributed by atoms with Crippen LogP contribution < -0.4 is 0 Å². The zero-order valence-electron chi connectivity index (χ0n) is 11.3. The normalized spacial score (nSPS) is 27.5. The van der Waals surface area contributed by atoms with Gasteiger partial charge in [-0.3, -0.25) is 9.18 Å². The maximum atomic E-state index is 13.2. The molecule has 21 heavy (non-hydrogen) atoms. The third-order valence-electron chi connectivity index (χ3n) is 4.74. The topological polar surface area (TPSA) is 87.9 Å². The van der Waals surface area contributed by atoms with Crippen LogP contribution in [0.5, 0.6) is 0 Å². The number of likely N-dealkylation sites (tertiary alicyclic amines) is 1. The number of hydrogen-bond donors (Lipinski definition) is 1. The molecule has 2 fully saturated rings. The number of carbonyl (C=O) groups is 1. The first-order chi connectivity index (χ1) is 10.2. The molecule has 1 aliphatic carbocycles. The Morgan fingerprint density at radius 1 is 1.57 bits per heavy atom. The van der Waals surface area contributed by atoms with Crippen molar-refractivity contribution in [3.63, 3.8) is 0 Å². The summed E-state index contributed by atoms with van der Waals surface area (Å²) in [6, 6.07) is 3.23. The second-order valence-corrected chi connectivity index (χ2v) is 5.82. The maximum Gasteiger partial charge on any atom is 0.289 e. The van der Waals surface area contributed by atoms with Crippen LogP contribution >= 0.6 is 0 Å². The van der Waals surface area contributed by atoms with E-state index in [1.54, 1.807) is 17.0 Å². The number of nitrogens with zero attached hydrogens (tertiary/aromatic N) is 4. The first-order valence-corrected chi connectivity index (χ1v) is 6.91. The average molecular weight is 291 g/mol. The third kappa shape index (κ3) is 1.78. The molecule has 110 valence electrons. The fourth-order valence-electron chi connectivity index (χ4n) is 3.33. The predicted molar refractivity (Wildman–Crippen MR) is 68.9 cm³/mol. The molecule has 3 heterocycles. The number of aromatic amines is 1. The van der Waals surface area contributed by atoms with E-state index in [-0.39, 0.29) is 29.7 Å². The van der Waals surface area contributed by atoms with E-state index in [0.29, 0.717) is 24.7 Å². The molecule has 8 heteroatoms. The molecule has 4 rings (SSSR count). The van der Waals surface area contributed by atoms with Crippen LogP contribution in [0.25, 0.3) is 11.6 Å². The fraction of sp³-hybridized carbons (Fsp3) is 0.538. The Bertz CT molecular complexity index is 666. The molecule has 1 saturated heterocycles. The summed E-state index contributed by atoms with van der Waals surface area (Å²) in [7, 11) is 0. The van der Waals surface area contributed by atoms with Crippen LogP contribution in [-0.2, 0) is 0 Å². The molecule has 2 aliphatic rings. The molecular weight excluding hydrogens is 277 g/mol. The van der Waals surface area contributed by atoms with Crippen LogP contribution in [0.4, 0.5) is 4.39 Å². The average Bonchev–Trinajstić information content (AvgIpc) is 3.19. The third-order valence-corrected chi connectivity index (χ3v) is 4.74. The van der Waals surface area contributed by atoms with E-state index in [1.807, 2.05) is 0 Å². The van der Waals surface area contributed by atoms with Gasteiger partial charge in [0.2, 0.25) is 5.82 Å². The van der Waals surface area contributed by atoms with Crippen molar-refractivity contribution < 1.29 is 13.6 Å². The van der Waals surface area contributed by atoms with Crippen molar-refractivity contribution >= 4 is 5.91 Å². The van der Waals surface area contributed by atoms with E-state index in [0.717, 1.165) is 12.8 Å². The second-order valence-electron chi connectivity index (χ2n) is 5.82. The zero-order chi connectivity index (χ0) is 14.4. The number of amides is 1. The molecule has 2 atom stereocenters. The Labute approximate surface area is 119 Å². The highest BCUT2D eigenvalue weighted by atomic mass is 19.1. The number of rotatable bonds is 3. The lowest BCUT2D eigenvalue weighted by Gasteiger charge is -2.41. The summed E-state index contributed by atoms with van der Waals surface area (Å²) in [5, 5.41) is 13.4. The number of halogens is 1. The van der Waals surface area contributed by atoms with Gasteiger partial charge in [-0.05, 0) is 36.1 Å². The smallest absolute Gasteiger partial charge is 0.289 e. The van der Waals surface area contributed by atoms with Gasteiger partial charge in [-0.1, -0.05) is 0 Å². The Morgan fingerprint density at radius 3 is 3.10 bits per heavy atom. The van der Waals surface area contributed by atoms with Crippen LogP contribution in [0.3, 0.4) is 0 Å². The number of fused-ring (bicyclic) bond motifs is 1. The van der Waals surface area contributed by atoms with Gasteiger partial charge in [-0.15, -0.1) is 10.2 Å². The van der Waals surface area contributed by atoms with Gasteiger partial charge in [0.1, 0.15) is 0 Å². The summed E-state index contributed by atoms with van der Waals surface area (Å²) >= 11 is 0. The van der Waals surface area contributed by atoms with Crippen molar-refractivity contribution in [3.8, 4) is 11.6 Å². The van der Waals surface area contributed by atoms with Gasteiger partial charge in [-0.25, -0.2) is 0 Å². The lowest BCUT2D eigenvalue weighted by molar-refractivity contribution is 0.0494. The largest absolute Gasteiger partial charge is 0.447 e. The highest BCUT2D eigenvalue weighted by Crippen LogP contribution is 2.52. The van der Waals surface area contributed by atoms with Crippen LogP contribution in [0.15, 0.2) is 16.5 Å². The first kappa shape index (κ1) is 12.5. The van der Waals surface area contributed by atoms with Gasteiger partial charge in [0.25, 0.3) is 5.91 Å². The molecule has 2 aromatic rings. The highest BCUT2D eigenvalue weighted by Gasteiger charge is 2.54. The second kappa shape index (κ2) is 4.37. The first-order valence-electron chi connectivity index (χ1n) is 6.91. The number of H-pyrrole nitrogens is 1. The molecule has 0 radical (unpaired) electrons. The van der Waals surface area contributed by atoms with E-state index in [9.17, 15) is 9.18 Å². The Kier molecular flexibility index (Phi) is 2.60. The highest BCUT2D eigenvalue weighted by molar-refractivity contribution is 5.92. The molecule has 1 N–H and O–H groups in total. The van der Waals surface area contributed by atoms with Gasteiger partial charge in [0, 0.05) is 18.5 Å². The molecule has 1 aliphatic heterocycles. The standard InChI is InChI=1S/C13H14FN5O2/c14-6-13-4-3-8(13)5-19(7-13)12(20)10-2-1-9(21-10)11-15-17-18-16-11/h1-2,8H,3-7H2,(H,15,16,17,18)/t8-,13-/m0/s1. The van der Waals surface area contributed by atoms with E-state index in [4.69, 9.17) is 4.42 Å². The number of carbonyl (C=O) groups excluding carboxylic acids is 1. The molecule has 1 amide bonds. The number of tetrazole rings is 1. The summed E-state index contributed by atoms with van der Waals surface area (Å²) in [6.45, 7) is 0.736. The monoisotopic (exact) mass is 291 g/mol. The lowest BCUT2D eigenvalue weighted by Crippen LogP contribution is -2.41. The molecule has 7 nitrogen and oxygen atoms in total. The summed E-state index contributed by atoms with van der Waals surface area (Å²) in [6.07, 6.45) is 1.87. The van der Waals surface area contributed by atoms with Gasteiger partial charge in [0.15, 0.2) is 11.5 Å². The number of furan rings is 1. The van der Waals surface area contributed by atoms with Crippen LogP contribution in [0.1, 0.15) is 23.4 Å². The van der Waals surface area contributed by atoms with Gasteiger partial charge in [0.05, 0.1) is 6.67 Å². The number of hydrogen-bond acceptors (Lipinski definition) is 5. The van der Waals surface area contributed by atoms with E-state index >= 15 is 0 Å². The zero-order valence-corrected chi connectivity index (χ0v) is 11.3. The van der Waals surface area contributed by atoms with E-state index in [1.165, 1.54) is 0 Å². The number of nitrogens with one attached hydrogen (secondary N) is 1. The summed E-state index contributed by atoms with van der Waals surface area (Å²) in [4.78, 5) is 14.1. The molecule has 0 bridgehead atoms. The minimum atomic E-state index is -0.353. The van der Waals surface area contributed by atoms with Crippen molar-refractivity contribution in [2.24, 2.45) is 11.3 Å². The van der Waals surface area contributed by atoms with Crippen molar-refractivity contribution in [3.05, 3.63) is 17.9 Å². The van der Waals surface area contributed by atoms with E-state index < -0.39 is 0 Å². The summed E-state index contributed by atoms with van der Waals surface area (Å²) < 4.78 is 18.7. The summed E-state index contributed by atoms with van der Waals surface area (Å²) in [5.74, 6) is 1.00. The van der Waals surface area contributed by atoms with Crippen molar-refractivity contribution in [1.82, 2.24) is 25.5 Å². The molecule has 0 unspecified atom stereocenters. The van der Waals surface area contributed by atoms with Gasteiger partial charge in [-0.2, -0.15) is 5.21 Å². The van der Waals surface area contributed by atoms with Gasteiger partial charge < -0.3 is 9.32 Å². The number of aromatic nitrogens is 4. The van der Waals surface area contributed by atoms with Crippen molar-refractivity contribution in [2.45, 2.75) is 12.8 Å². The minimum Gasteiger partial charge on any atom is -0.447 e. The number of alkyl halides is 1. The molecular formula is C13H14FN5O2. The van der Waals surface area contributed by atoms with Crippen LogP contribution in [-0.4, -0.2) is 51.2 Å². The van der Waals surface area contributed by atoms with Gasteiger partial charge >= 0.3 is 0 Å². The molecule has 1 saturated carbocycles. The van der Waals surface area contributed by atoms with Crippen molar-refractivity contribution in [2.75, 3.05) is 19.8 Å². The Hall–Kier alpha value is -2.25.